The third kappa shape index (κ3) is 3.20. The maximum atomic E-state index is 10.7. The van der Waals surface area contributed by atoms with Gasteiger partial charge in [-0.15, -0.1) is 0 Å². The Bertz CT molecular complexity index is 193. The van der Waals surface area contributed by atoms with Crippen LogP contribution in [0.5, 0.6) is 0 Å². The largest absolute Gasteiger partial charge is 0.368 e. The fraction of sp³-hybridized carbons (Fsp3) is 0.800. The first-order valence-electron chi connectivity index (χ1n) is 5.00. The molecule has 3 unspecified atom stereocenters. The Labute approximate surface area is 83.2 Å². The lowest BCUT2D eigenvalue weighted by Crippen LogP contribution is -2.34. The molecule has 0 radical (unpaired) electrons. The molecule has 0 bridgehead atoms. The first-order valence-corrected chi connectivity index (χ1v) is 5.00. The molecule has 0 aromatic rings. The van der Waals surface area contributed by atoms with Gasteiger partial charge < -0.3 is 19.4 Å². The Balaban J connectivity index is 2.41. The van der Waals surface area contributed by atoms with Crippen LogP contribution in [0.2, 0.25) is 0 Å². The first kappa shape index (κ1) is 11.3. The topological polar surface area (TPSA) is 63.6 Å². The molecule has 0 aromatic carbocycles. The average molecular weight is 200 g/mol. The van der Waals surface area contributed by atoms with Gasteiger partial charge in [-0.25, -0.2) is 0 Å². The van der Waals surface area contributed by atoms with E-state index in [4.69, 9.17) is 4.74 Å². The molecule has 0 spiro atoms. The lowest BCUT2D eigenvalue weighted by Gasteiger charge is -2.30. The predicted molar refractivity (Wildman–Crippen MR) is 49.6 cm³/mol. The van der Waals surface area contributed by atoms with E-state index in [0.717, 1.165) is 25.4 Å². The van der Waals surface area contributed by atoms with Gasteiger partial charge in [0.05, 0.1) is 6.10 Å². The summed E-state index contributed by atoms with van der Waals surface area (Å²) in [5.41, 5.74) is 0. The van der Waals surface area contributed by atoms with E-state index in [9.17, 15) is 14.7 Å². The van der Waals surface area contributed by atoms with Gasteiger partial charge in [-0.1, -0.05) is 0 Å². The van der Waals surface area contributed by atoms with Gasteiger partial charge >= 0.3 is 0 Å². The van der Waals surface area contributed by atoms with Crippen molar-refractivity contribution in [1.82, 2.24) is 0 Å². The van der Waals surface area contributed by atoms with Gasteiger partial charge in [0.2, 0.25) is 0 Å². The molecule has 14 heavy (non-hydrogen) atoms. The van der Waals surface area contributed by atoms with Crippen molar-refractivity contribution in [3.8, 4) is 0 Å². The number of aliphatic hydroxyl groups is 1. The minimum absolute atomic E-state index is 0.212. The molecule has 4 heteroatoms. The van der Waals surface area contributed by atoms with Gasteiger partial charge in [-0.05, 0) is 25.7 Å². The molecule has 4 nitrogen and oxygen atoms in total. The third-order valence-corrected chi connectivity index (χ3v) is 2.54. The number of hydrogen-bond donors (Lipinski definition) is 1. The number of ether oxygens (including phenoxy) is 1. The molecule has 80 valence electrons. The molecular weight excluding hydrogens is 184 g/mol. The SMILES string of the molecule is O=CCCC(C=O)C1CCCC(O)O1. The van der Waals surface area contributed by atoms with Gasteiger partial charge in [-0.2, -0.15) is 0 Å². The first-order chi connectivity index (χ1) is 6.77. The van der Waals surface area contributed by atoms with Crippen molar-refractivity contribution in [2.45, 2.75) is 44.5 Å². The summed E-state index contributed by atoms with van der Waals surface area (Å²) in [5, 5.41) is 9.24. The highest BCUT2D eigenvalue weighted by Gasteiger charge is 2.27. The van der Waals surface area contributed by atoms with Crippen molar-refractivity contribution in [3.05, 3.63) is 0 Å². The molecule has 1 N–H and O–H groups in total. The minimum Gasteiger partial charge on any atom is -0.368 e. The zero-order chi connectivity index (χ0) is 10.4. The summed E-state index contributed by atoms with van der Waals surface area (Å²) in [6.45, 7) is 0. The van der Waals surface area contributed by atoms with Crippen LogP contribution in [0.15, 0.2) is 0 Å². The summed E-state index contributed by atoms with van der Waals surface area (Å²) in [5.74, 6) is -0.254. The second-order valence-corrected chi connectivity index (χ2v) is 3.60. The quantitative estimate of drug-likeness (QED) is 0.662. The fourth-order valence-electron chi connectivity index (χ4n) is 1.75. The van der Waals surface area contributed by atoms with E-state index in [1.165, 1.54) is 0 Å². The molecule has 0 aromatic heterocycles. The lowest BCUT2D eigenvalue weighted by atomic mass is 9.93. The Morgan fingerprint density at radius 2 is 2.21 bits per heavy atom. The van der Waals surface area contributed by atoms with Crippen LogP contribution in [0.3, 0.4) is 0 Å². The standard InChI is InChI=1S/C10H16O4/c11-6-2-3-8(7-12)9-4-1-5-10(13)14-9/h6-10,13H,1-5H2. The van der Waals surface area contributed by atoms with Crippen LogP contribution >= 0.6 is 0 Å². The monoisotopic (exact) mass is 200 g/mol. The number of aliphatic hydroxyl groups excluding tert-OH is 1. The highest BCUT2D eigenvalue weighted by atomic mass is 16.6. The maximum absolute atomic E-state index is 10.7. The summed E-state index contributed by atoms with van der Waals surface area (Å²) in [4.78, 5) is 20.9. The van der Waals surface area contributed by atoms with Crippen LogP contribution in [0, 0.1) is 5.92 Å². The van der Waals surface area contributed by atoms with Crippen LogP contribution in [-0.2, 0) is 14.3 Å². The number of carbonyl (C=O) groups excluding carboxylic acids is 2. The van der Waals surface area contributed by atoms with Gasteiger partial charge in [-0.3, -0.25) is 0 Å². The summed E-state index contributed by atoms with van der Waals surface area (Å²) in [6.07, 6.45) is 3.86. The van der Waals surface area contributed by atoms with Gasteiger partial charge in [0, 0.05) is 12.3 Å². The molecule has 0 aliphatic carbocycles. The highest BCUT2D eigenvalue weighted by Crippen LogP contribution is 2.24. The smallest absolute Gasteiger partial charge is 0.154 e. The number of aldehydes is 2. The second-order valence-electron chi connectivity index (χ2n) is 3.60. The van der Waals surface area contributed by atoms with E-state index in [1.54, 1.807) is 0 Å². The van der Waals surface area contributed by atoms with E-state index < -0.39 is 6.29 Å². The van der Waals surface area contributed by atoms with Crippen molar-refractivity contribution in [2.24, 2.45) is 5.92 Å². The molecule has 1 fully saturated rings. The van der Waals surface area contributed by atoms with Gasteiger partial charge in [0.15, 0.2) is 6.29 Å². The number of hydrogen-bond acceptors (Lipinski definition) is 4. The van der Waals surface area contributed by atoms with Crippen molar-refractivity contribution in [3.63, 3.8) is 0 Å². The van der Waals surface area contributed by atoms with E-state index in [0.29, 0.717) is 19.3 Å². The molecule has 1 aliphatic heterocycles. The van der Waals surface area contributed by atoms with E-state index in [2.05, 4.69) is 0 Å². The van der Waals surface area contributed by atoms with Crippen LogP contribution in [0.25, 0.3) is 0 Å². The predicted octanol–water partition coefficient (Wildman–Crippen LogP) is 0.668. The van der Waals surface area contributed by atoms with Crippen LogP contribution in [0.1, 0.15) is 32.1 Å². The van der Waals surface area contributed by atoms with E-state index >= 15 is 0 Å². The van der Waals surface area contributed by atoms with Crippen molar-refractivity contribution in [2.75, 3.05) is 0 Å². The average Bonchev–Trinajstić information content (AvgIpc) is 2.19. The fourth-order valence-corrected chi connectivity index (χ4v) is 1.75. The summed E-state index contributed by atoms with van der Waals surface area (Å²) in [6, 6.07) is 0. The van der Waals surface area contributed by atoms with Gasteiger partial charge in [0.25, 0.3) is 0 Å². The normalized spacial score (nSPS) is 29.5. The molecule has 1 saturated heterocycles. The molecule has 1 aliphatic rings. The molecule has 1 rings (SSSR count). The second kappa shape index (κ2) is 5.88. The number of carbonyl (C=O) groups is 2. The summed E-state index contributed by atoms with van der Waals surface area (Å²) in [7, 11) is 0. The van der Waals surface area contributed by atoms with Crippen molar-refractivity contribution in [1.29, 1.82) is 0 Å². The molecule has 0 amide bonds. The highest BCUT2D eigenvalue weighted by molar-refractivity contribution is 5.56. The molecule has 1 heterocycles. The van der Waals surface area contributed by atoms with Gasteiger partial charge in [0.1, 0.15) is 12.6 Å². The zero-order valence-corrected chi connectivity index (χ0v) is 8.09. The summed E-state index contributed by atoms with van der Waals surface area (Å²) >= 11 is 0. The Morgan fingerprint density at radius 1 is 1.43 bits per heavy atom. The zero-order valence-electron chi connectivity index (χ0n) is 8.09. The molecule has 0 saturated carbocycles. The van der Waals surface area contributed by atoms with Crippen LogP contribution in [0.4, 0.5) is 0 Å². The minimum atomic E-state index is -0.743. The lowest BCUT2D eigenvalue weighted by molar-refractivity contribution is -0.177. The van der Waals surface area contributed by atoms with E-state index in [1.807, 2.05) is 0 Å². The van der Waals surface area contributed by atoms with Crippen LogP contribution < -0.4 is 0 Å². The third-order valence-electron chi connectivity index (χ3n) is 2.54. The van der Waals surface area contributed by atoms with Crippen molar-refractivity contribution >= 4 is 12.6 Å². The molecular formula is C10H16O4. The molecule has 3 atom stereocenters. The maximum Gasteiger partial charge on any atom is 0.154 e. The van der Waals surface area contributed by atoms with Crippen LogP contribution in [-0.4, -0.2) is 30.1 Å². The Hall–Kier alpha value is -0.740. The summed E-state index contributed by atoms with van der Waals surface area (Å²) < 4.78 is 5.24. The number of rotatable bonds is 5. The Morgan fingerprint density at radius 3 is 2.79 bits per heavy atom. The Kier molecular flexibility index (Phi) is 4.76. The van der Waals surface area contributed by atoms with Crippen molar-refractivity contribution < 1.29 is 19.4 Å². The van der Waals surface area contributed by atoms with E-state index in [-0.39, 0.29) is 12.0 Å².